The van der Waals surface area contributed by atoms with Crippen LogP contribution >= 0.6 is 0 Å². The van der Waals surface area contributed by atoms with Crippen LogP contribution < -0.4 is 5.32 Å². The van der Waals surface area contributed by atoms with E-state index >= 15 is 0 Å². The molecule has 3 aromatic rings. The predicted molar refractivity (Wildman–Crippen MR) is 124 cm³/mol. The maximum Gasteiger partial charge on any atom is 0.252 e. The molecule has 1 amide bonds. The van der Waals surface area contributed by atoms with E-state index in [1.165, 1.54) is 43.5 Å². The molecule has 0 radical (unpaired) electrons. The fourth-order valence-corrected chi connectivity index (χ4v) is 3.83. The molecule has 174 valence electrons. The number of benzene rings is 2. The molecule has 2 aromatic carbocycles. The van der Waals surface area contributed by atoms with Crippen molar-refractivity contribution < 1.29 is 23.8 Å². The molecule has 34 heavy (non-hydrogen) atoms. The Morgan fingerprint density at radius 2 is 1.88 bits per heavy atom. The second-order valence-electron chi connectivity index (χ2n) is 8.11. The lowest BCUT2D eigenvalue weighted by Gasteiger charge is -2.32. The van der Waals surface area contributed by atoms with Crippen molar-refractivity contribution in [3.05, 3.63) is 107 Å². The van der Waals surface area contributed by atoms with Gasteiger partial charge in [-0.3, -0.25) is 14.8 Å². The van der Waals surface area contributed by atoms with Crippen LogP contribution in [-0.4, -0.2) is 46.0 Å². The van der Waals surface area contributed by atoms with Gasteiger partial charge in [0.05, 0.1) is 36.2 Å². The van der Waals surface area contributed by atoms with E-state index in [4.69, 9.17) is 0 Å². The van der Waals surface area contributed by atoms with Crippen molar-refractivity contribution in [3.8, 4) is 0 Å². The molecule has 3 N–H and O–H groups in total. The van der Waals surface area contributed by atoms with E-state index < -0.39 is 30.0 Å². The maximum atomic E-state index is 14.9. The summed E-state index contributed by atoms with van der Waals surface area (Å²) in [6.45, 7) is 1.11. The Kier molecular flexibility index (Phi) is 6.63. The van der Waals surface area contributed by atoms with E-state index in [-0.39, 0.29) is 34.9 Å². The molecule has 6 nitrogen and oxygen atoms in total. The van der Waals surface area contributed by atoms with Crippen molar-refractivity contribution >= 4 is 17.2 Å². The van der Waals surface area contributed by atoms with Crippen LogP contribution in [-0.2, 0) is 5.60 Å². The van der Waals surface area contributed by atoms with Crippen molar-refractivity contribution in [2.24, 2.45) is 4.99 Å². The summed E-state index contributed by atoms with van der Waals surface area (Å²) in [5, 5.41) is 23.5. The summed E-state index contributed by atoms with van der Waals surface area (Å²) < 4.78 is 28.2. The van der Waals surface area contributed by atoms with Crippen LogP contribution in [0.2, 0.25) is 0 Å². The van der Waals surface area contributed by atoms with E-state index in [9.17, 15) is 23.8 Å². The zero-order valence-electron chi connectivity index (χ0n) is 18.4. The smallest absolute Gasteiger partial charge is 0.252 e. The summed E-state index contributed by atoms with van der Waals surface area (Å²) in [6, 6.07) is 13.8. The van der Waals surface area contributed by atoms with Gasteiger partial charge in [-0.15, -0.1) is 0 Å². The van der Waals surface area contributed by atoms with Gasteiger partial charge in [-0.2, -0.15) is 0 Å². The maximum absolute atomic E-state index is 14.9. The van der Waals surface area contributed by atoms with E-state index in [2.05, 4.69) is 15.3 Å². The Bertz CT molecular complexity index is 1260. The molecule has 2 atom stereocenters. The molecular weight excluding hydrogens is 440 g/mol. The minimum Gasteiger partial charge on any atom is -0.394 e. The monoisotopic (exact) mass is 463 g/mol. The molecule has 4 rings (SSSR count). The summed E-state index contributed by atoms with van der Waals surface area (Å²) in [6.07, 6.45) is 3.16. The lowest BCUT2D eigenvalue weighted by atomic mass is 9.91. The predicted octanol–water partition coefficient (Wildman–Crippen LogP) is 3.24. The van der Waals surface area contributed by atoms with E-state index in [0.717, 1.165) is 11.1 Å². The second kappa shape index (κ2) is 9.62. The van der Waals surface area contributed by atoms with Gasteiger partial charge in [0.1, 0.15) is 17.2 Å². The third-order valence-electron chi connectivity index (χ3n) is 5.81. The van der Waals surface area contributed by atoms with Crippen molar-refractivity contribution in [3.63, 3.8) is 0 Å². The third-order valence-corrected chi connectivity index (χ3v) is 5.81. The van der Waals surface area contributed by atoms with Crippen LogP contribution in [0, 0.1) is 11.6 Å². The number of pyridine rings is 1. The number of aliphatic hydroxyl groups is 2. The normalized spacial score (nSPS) is 15.8. The number of hydrogen-bond acceptors (Lipinski definition) is 5. The number of halogens is 2. The van der Waals surface area contributed by atoms with Crippen molar-refractivity contribution in [1.82, 2.24) is 10.3 Å². The zero-order chi connectivity index (χ0) is 24.3. The fourth-order valence-electron chi connectivity index (χ4n) is 3.83. The number of aliphatic imine (C=N–C) groups is 1. The Balaban J connectivity index is 1.63. The van der Waals surface area contributed by atoms with Gasteiger partial charge in [0.2, 0.25) is 0 Å². The highest BCUT2D eigenvalue weighted by Crippen LogP contribution is 2.26. The molecule has 1 aliphatic heterocycles. The van der Waals surface area contributed by atoms with Crippen LogP contribution in [0.5, 0.6) is 0 Å². The SMILES string of the molecule is CC(O)(c1ccccn1)[C@H](CO)NC(=O)c1cccc(F)c1C1=NCC(c2ccc(F)cc2)=C1. The summed E-state index contributed by atoms with van der Waals surface area (Å²) >= 11 is 0. The highest BCUT2D eigenvalue weighted by atomic mass is 19.1. The minimum atomic E-state index is -1.68. The summed E-state index contributed by atoms with van der Waals surface area (Å²) in [5.41, 5.74) is 0.377. The van der Waals surface area contributed by atoms with Crippen molar-refractivity contribution in [2.45, 2.75) is 18.6 Å². The lowest BCUT2D eigenvalue weighted by molar-refractivity contribution is -0.00810. The number of carbonyl (C=O) groups excluding carboxylic acids is 1. The largest absolute Gasteiger partial charge is 0.394 e. The van der Waals surface area contributed by atoms with E-state index in [0.29, 0.717) is 0 Å². The number of amides is 1. The molecule has 8 heteroatoms. The van der Waals surface area contributed by atoms with Crippen molar-refractivity contribution in [2.75, 3.05) is 13.2 Å². The Morgan fingerprint density at radius 3 is 2.56 bits per heavy atom. The molecule has 0 bridgehead atoms. The molecule has 1 aromatic heterocycles. The van der Waals surface area contributed by atoms with Crippen LogP contribution in [0.15, 0.2) is 77.9 Å². The van der Waals surface area contributed by atoms with E-state index in [1.807, 2.05) is 0 Å². The highest BCUT2D eigenvalue weighted by molar-refractivity contribution is 6.19. The first-order chi connectivity index (χ1) is 16.3. The van der Waals surface area contributed by atoms with Gasteiger partial charge in [0, 0.05) is 11.8 Å². The number of nitrogens with one attached hydrogen (secondary N) is 1. The van der Waals surface area contributed by atoms with Gasteiger partial charge in [0.15, 0.2) is 0 Å². The average molecular weight is 463 g/mol. The summed E-state index contributed by atoms with van der Waals surface area (Å²) in [4.78, 5) is 21.7. The van der Waals surface area contributed by atoms with Crippen molar-refractivity contribution in [1.29, 1.82) is 0 Å². The standard InChI is InChI=1S/C26H23F2N3O3/c1-26(34,22-7-2-3-12-29-22)23(15-32)31-25(33)19-5-4-6-20(28)24(19)21-13-17(14-30-21)16-8-10-18(27)11-9-16/h2-13,23,32,34H,14-15H2,1H3,(H,31,33)/t23-,26?/m0/s1. The van der Waals surface area contributed by atoms with Gasteiger partial charge >= 0.3 is 0 Å². The molecular formula is C26H23F2N3O3. The summed E-state index contributed by atoms with van der Waals surface area (Å²) in [5.74, 6) is -1.69. The molecule has 0 spiro atoms. The fraction of sp³-hybridized carbons (Fsp3) is 0.192. The first kappa shape index (κ1) is 23.4. The number of aliphatic hydroxyl groups excluding tert-OH is 1. The quantitative estimate of drug-likeness (QED) is 0.501. The minimum absolute atomic E-state index is 0.00521. The Labute approximate surface area is 195 Å². The number of nitrogens with zero attached hydrogens (tertiary/aromatic N) is 2. The highest BCUT2D eigenvalue weighted by Gasteiger charge is 2.36. The molecule has 0 fully saturated rings. The third kappa shape index (κ3) is 4.64. The zero-order valence-corrected chi connectivity index (χ0v) is 18.4. The van der Waals surface area contributed by atoms with E-state index in [1.54, 1.807) is 36.4 Å². The topological polar surface area (TPSA) is 94.8 Å². The Morgan fingerprint density at radius 1 is 1.12 bits per heavy atom. The molecule has 0 saturated carbocycles. The molecule has 0 aliphatic carbocycles. The van der Waals surface area contributed by atoms with Gasteiger partial charge in [-0.25, -0.2) is 8.78 Å². The summed E-state index contributed by atoms with van der Waals surface area (Å²) in [7, 11) is 0. The number of rotatable bonds is 7. The van der Waals surface area contributed by atoms with Crippen LogP contribution in [0.1, 0.15) is 34.1 Å². The van der Waals surface area contributed by atoms with Gasteiger partial charge in [-0.1, -0.05) is 24.3 Å². The van der Waals surface area contributed by atoms with Gasteiger partial charge < -0.3 is 15.5 Å². The molecule has 2 heterocycles. The lowest BCUT2D eigenvalue weighted by Crippen LogP contribution is -2.51. The molecule has 0 saturated heterocycles. The van der Waals surface area contributed by atoms with Gasteiger partial charge in [0.25, 0.3) is 5.91 Å². The molecule has 1 unspecified atom stereocenters. The first-order valence-corrected chi connectivity index (χ1v) is 10.7. The van der Waals surface area contributed by atoms with Crippen LogP contribution in [0.25, 0.3) is 5.57 Å². The van der Waals surface area contributed by atoms with Crippen LogP contribution in [0.4, 0.5) is 8.78 Å². The number of aromatic nitrogens is 1. The number of carbonyl (C=O) groups is 1. The number of hydrogen-bond donors (Lipinski definition) is 3. The average Bonchev–Trinajstić information content (AvgIpc) is 3.32. The molecule has 1 aliphatic rings. The first-order valence-electron chi connectivity index (χ1n) is 10.7. The number of allylic oxidation sites excluding steroid dienone is 1. The van der Waals surface area contributed by atoms with Gasteiger partial charge in [-0.05, 0) is 60.5 Å². The second-order valence-corrected chi connectivity index (χ2v) is 8.11. The Hall–Kier alpha value is -3.75. The van der Waals surface area contributed by atoms with Crippen LogP contribution in [0.3, 0.4) is 0 Å².